The number of nitrogens with one attached hydrogen (secondary N) is 1. The molecule has 0 radical (unpaired) electrons. The van der Waals surface area contributed by atoms with Gasteiger partial charge in [-0.15, -0.1) is 0 Å². The minimum atomic E-state index is -0.752. The summed E-state index contributed by atoms with van der Waals surface area (Å²) in [5.41, 5.74) is 9.61. The van der Waals surface area contributed by atoms with Crippen LogP contribution >= 0.6 is 0 Å². The molecule has 0 spiro atoms. The van der Waals surface area contributed by atoms with Gasteiger partial charge in [0.25, 0.3) is 0 Å². The summed E-state index contributed by atoms with van der Waals surface area (Å²) in [4.78, 5) is 4.89. The third-order valence-electron chi connectivity index (χ3n) is 3.08. The smallest absolute Gasteiger partial charge is 0.0945 e. The van der Waals surface area contributed by atoms with Crippen molar-refractivity contribution in [2.45, 2.75) is 6.10 Å². The average Bonchev–Trinajstić information content (AvgIpc) is 2.92. The highest BCUT2D eigenvalue weighted by Gasteiger charge is 2.10. The maximum absolute atomic E-state index is 9.48. The number of aliphatic hydroxyl groups excluding tert-OH is 2. The van der Waals surface area contributed by atoms with Crippen LogP contribution in [0.25, 0.3) is 11.1 Å². The van der Waals surface area contributed by atoms with Crippen LogP contribution in [0.3, 0.4) is 0 Å². The van der Waals surface area contributed by atoms with E-state index in [-0.39, 0.29) is 6.61 Å². The van der Waals surface area contributed by atoms with Crippen LogP contribution in [0, 0.1) is 0 Å². The molecule has 0 saturated carbocycles. The van der Waals surface area contributed by atoms with Gasteiger partial charge in [0.2, 0.25) is 0 Å². The van der Waals surface area contributed by atoms with E-state index in [1.54, 1.807) is 0 Å². The largest absolute Gasteiger partial charge is 0.398 e. The summed E-state index contributed by atoms with van der Waals surface area (Å²) in [5, 5.41) is 18.4. The molecule has 2 rings (SSSR count). The van der Waals surface area contributed by atoms with Crippen molar-refractivity contribution < 1.29 is 10.2 Å². The lowest BCUT2D eigenvalue weighted by Gasteiger charge is -2.22. The number of aromatic amines is 1. The fourth-order valence-electron chi connectivity index (χ4n) is 2.00. The molecule has 0 aliphatic rings. The van der Waals surface area contributed by atoms with Gasteiger partial charge in [0, 0.05) is 48.5 Å². The number of nitrogens with two attached hydrogens (primary N) is 1. The van der Waals surface area contributed by atoms with E-state index in [9.17, 15) is 5.11 Å². The maximum Gasteiger partial charge on any atom is 0.0945 e. The monoisotopic (exact) mass is 261 g/mol. The Morgan fingerprint density at radius 3 is 2.79 bits per heavy atom. The van der Waals surface area contributed by atoms with Crippen LogP contribution in [0.5, 0.6) is 0 Å². The Morgan fingerprint density at radius 1 is 1.37 bits per heavy atom. The fourth-order valence-corrected chi connectivity index (χ4v) is 2.00. The van der Waals surface area contributed by atoms with E-state index >= 15 is 0 Å². The number of anilines is 2. The van der Waals surface area contributed by atoms with Gasteiger partial charge in [-0.05, 0) is 24.3 Å². The van der Waals surface area contributed by atoms with Gasteiger partial charge in [-0.25, -0.2) is 0 Å². The summed E-state index contributed by atoms with van der Waals surface area (Å²) in [7, 11) is 1.87. The highest BCUT2D eigenvalue weighted by Crippen LogP contribution is 2.29. The molecule has 5 heteroatoms. The minimum Gasteiger partial charge on any atom is -0.398 e. The van der Waals surface area contributed by atoms with E-state index in [0.717, 1.165) is 16.8 Å². The maximum atomic E-state index is 9.48. The Labute approximate surface area is 112 Å². The van der Waals surface area contributed by atoms with Crippen LogP contribution in [0.2, 0.25) is 0 Å². The topological polar surface area (TPSA) is 85.5 Å². The molecule has 0 aliphatic heterocycles. The van der Waals surface area contributed by atoms with Crippen molar-refractivity contribution in [3.8, 4) is 11.1 Å². The van der Waals surface area contributed by atoms with Crippen LogP contribution in [-0.4, -0.2) is 41.5 Å². The first kappa shape index (κ1) is 13.5. The minimum absolute atomic E-state index is 0.246. The Morgan fingerprint density at radius 2 is 2.16 bits per heavy atom. The zero-order valence-electron chi connectivity index (χ0n) is 10.9. The van der Waals surface area contributed by atoms with E-state index in [1.165, 1.54) is 0 Å². The molecule has 5 N–H and O–H groups in total. The molecule has 1 atom stereocenters. The van der Waals surface area contributed by atoms with E-state index in [4.69, 9.17) is 10.8 Å². The summed E-state index contributed by atoms with van der Waals surface area (Å²) in [6.07, 6.45) is 2.98. The molecule has 1 heterocycles. The molecule has 19 heavy (non-hydrogen) atoms. The van der Waals surface area contributed by atoms with Crippen molar-refractivity contribution >= 4 is 11.4 Å². The van der Waals surface area contributed by atoms with Crippen LogP contribution < -0.4 is 10.6 Å². The Hall–Kier alpha value is -1.98. The number of hydrogen-bond acceptors (Lipinski definition) is 4. The van der Waals surface area contributed by atoms with Gasteiger partial charge < -0.3 is 25.8 Å². The lowest BCUT2D eigenvalue weighted by Crippen LogP contribution is -2.31. The SMILES string of the molecule is CN(CC(O)CO)c1ccc(N)c(-c2cc[nH]c2)c1. The molecule has 0 amide bonds. The summed E-state index contributed by atoms with van der Waals surface area (Å²) in [5.74, 6) is 0. The van der Waals surface area contributed by atoms with Gasteiger partial charge in [-0.1, -0.05) is 0 Å². The van der Waals surface area contributed by atoms with Crippen molar-refractivity contribution in [2.24, 2.45) is 0 Å². The number of benzene rings is 1. The van der Waals surface area contributed by atoms with Crippen molar-refractivity contribution in [2.75, 3.05) is 30.8 Å². The number of nitrogens with zero attached hydrogens (tertiary/aromatic N) is 1. The van der Waals surface area contributed by atoms with Gasteiger partial charge in [-0.3, -0.25) is 0 Å². The lowest BCUT2D eigenvalue weighted by molar-refractivity contribution is 0.101. The molecular weight excluding hydrogens is 242 g/mol. The summed E-state index contributed by atoms with van der Waals surface area (Å²) in [6.45, 7) is 0.122. The number of likely N-dealkylation sites (N-methyl/N-ethyl adjacent to an activating group) is 1. The van der Waals surface area contributed by atoms with Crippen LogP contribution in [0.4, 0.5) is 11.4 Å². The highest BCUT2D eigenvalue weighted by molar-refractivity contribution is 5.79. The molecular formula is C14H19N3O2. The number of H-pyrrole nitrogens is 1. The first-order valence-corrected chi connectivity index (χ1v) is 6.14. The number of hydrogen-bond donors (Lipinski definition) is 4. The Balaban J connectivity index is 2.26. The van der Waals surface area contributed by atoms with E-state index in [1.807, 2.05) is 48.6 Å². The highest BCUT2D eigenvalue weighted by atomic mass is 16.3. The standard InChI is InChI=1S/C14H19N3O2/c1-17(8-12(19)9-18)11-2-3-14(15)13(6-11)10-4-5-16-7-10/h2-7,12,16,18-19H,8-9,15H2,1H3. The van der Waals surface area contributed by atoms with Crippen molar-refractivity contribution in [1.29, 1.82) is 0 Å². The van der Waals surface area contributed by atoms with Gasteiger partial charge in [0.05, 0.1) is 12.7 Å². The van der Waals surface area contributed by atoms with Crippen molar-refractivity contribution in [3.63, 3.8) is 0 Å². The van der Waals surface area contributed by atoms with E-state index in [2.05, 4.69) is 4.98 Å². The van der Waals surface area contributed by atoms with Crippen molar-refractivity contribution in [1.82, 2.24) is 4.98 Å². The lowest BCUT2D eigenvalue weighted by atomic mass is 10.1. The third kappa shape index (κ3) is 3.07. The quantitative estimate of drug-likeness (QED) is 0.606. The Kier molecular flexibility index (Phi) is 4.09. The predicted octanol–water partition coefficient (Wildman–Crippen LogP) is 1.05. The second-order valence-corrected chi connectivity index (χ2v) is 4.59. The van der Waals surface area contributed by atoms with E-state index < -0.39 is 6.10 Å². The summed E-state index contributed by atoms with van der Waals surface area (Å²) < 4.78 is 0. The third-order valence-corrected chi connectivity index (χ3v) is 3.08. The van der Waals surface area contributed by atoms with Gasteiger partial charge in [0.15, 0.2) is 0 Å². The average molecular weight is 261 g/mol. The van der Waals surface area contributed by atoms with Crippen LogP contribution in [0.1, 0.15) is 0 Å². The first-order chi connectivity index (χ1) is 9.11. The number of nitrogen functional groups attached to an aromatic ring is 1. The summed E-state index contributed by atoms with van der Waals surface area (Å²) >= 11 is 0. The fraction of sp³-hybridized carbons (Fsp3) is 0.286. The number of aliphatic hydroxyl groups is 2. The molecule has 1 unspecified atom stereocenters. The van der Waals surface area contributed by atoms with Crippen LogP contribution in [-0.2, 0) is 0 Å². The molecule has 0 bridgehead atoms. The molecule has 0 saturated heterocycles. The van der Waals surface area contributed by atoms with Crippen LogP contribution in [0.15, 0.2) is 36.7 Å². The van der Waals surface area contributed by atoms with Gasteiger partial charge >= 0.3 is 0 Å². The predicted molar refractivity (Wildman–Crippen MR) is 77.0 cm³/mol. The second-order valence-electron chi connectivity index (χ2n) is 4.59. The number of aromatic nitrogens is 1. The zero-order chi connectivity index (χ0) is 13.8. The molecule has 0 aliphatic carbocycles. The molecule has 2 aromatic rings. The molecule has 102 valence electrons. The van der Waals surface area contributed by atoms with Gasteiger partial charge in [-0.2, -0.15) is 0 Å². The van der Waals surface area contributed by atoms with E-state index in [0.29, 0.717) is 12.2 Å². The van der Waals surface area contributed by atoms with Crippen molar-refractivity contribution in [3.05, 3.63) is 36.7 Å². The summed E-state index contributed by atoms with van der Waals surface area (Å²) in [6, 6.07) is 7.68. The normalized spacial score (nSPS) is 12.4. The Bertz CT molecular complexity index is 525. The number of rotatable bonds is 5. The second kappa shape index (κ2) is 5.77. The molecule has 1 aromatic carbocycles. The molecule has 0 fully saturated rings. The molecule has 1 aromatic heterocycles. The van der Waals surface area contributed by atoms with Gasteiger partial charge in [0.1, 0.15) is 0 Å². The molecule has 5 nitrogen and oxygen atoms in total. The zero-order valence-corrected chi connectivity index (χ0v) is 10.9. The first-order valence-electron chi connectivity index (χ1n) is 6.14.